The van der Waals surface area contributed by atoms with Gasteiger partial charge in [0.25, 0.3) is 0 Å². The zero-order valence-electron chi connectivity index (χ0n) is 19.6. The molecule has 1 unspecified atom stereocenters. The summed E-state index contributed by atoms with van der Waals surface area (Å²) in [6.45, 7) is -0.190. The minimum absolute atomic E-state index is 0.0315. The van der Waals surface area contributed by atoms with Crippen LogP contribution < -0.4 is 10.6 Å². The number of amides is 2. The summed E-state index contributed by atoms with van der Waals surface area (Å²) in [6, 6.07) is 14.9. The first-order chi connectivity index (χ1) is 17.0. The lowest BCUT2D eigenvalue weighted by Crippen LogP contribution is -2.45. The number of aliphatic hydroxyl groups excluding tert-OH is 1. The molecule has 0 spiro atoms. The molecule has 186 valence electrons. The van der Waals surface area contributed by atoms with Gasteiger partial charge in [-0.3, -0.25) is 4.79 Å². The molecule has 2 atom stereocenters. The maximum Gasteiger partial charge on any atom is 0.407 e. The molecule has 2 aromatic rings. The van der Waals surface area contributed by atoms with Gasteiger partial charge in [-0.1, -0.05) is 74.2 Å². The molecule has 1 fully saturated rings. The van der Waals surface area contributed by atoms with Gasteiger partial charge in [-0.25, -0.2) is 9.59 Å². The summed E-state index contributed by atoms with van der Waals surface area (Å²) in [5.41, 5.74) is 4.59. The summed E-state index contributed by atoms with van der Waals surface area (Å²) in [4.78, 5) is 36.1. The van der Waals surface area contributed by atoms with E-state index in [4.69, 9.17) is 14.9 Å². The molecule has 0 bridgehead atoms. The second-order valence-corrected chi connectivity index (χ2v) is 9.36. The Morgan fingerprint density at radius 2 is 1.57 bits per heavy atom. The third-order valence-corrected chi connectivity index (χ3v) is 7.18. The maximum absolute atomic E-state index is 12.6. The number of carboxylic acids is 1. The number of carbonyl (C=O) groups excluding carboxylic acids is 2. The van der Waals surface area contributed by atoms with Crippen LogP contribution in [0.5, 0.6) is 0 Å². The van der Waals surface area contributed by atoms with Gasteiger partial charge in [0.05, 0.1) is 6.61 Å². The van der Waals surface area contributed by atoms with Crippen molar-refractivity contribution in [3.05, 3.63) is 59.7 Å². The Kier molecular flexibility index (Phi) is 8.02. The number of hydrogen-bond donors (Lipinski definition) is 4. The van der Waals surface area contributed by atoms with E-state index in [1.54, 1.807) is 0 Å². The van der Waals surface area contributed by atoms with Gasteiger partial charge in [-0.2, -0.15) is 0 Å². The lowest BCUT2D eigenvalue weighted by molar-refractivity contribution is -0.143. The normalized spacial score (nSPS) is 16.7. The van der Waals surface area contributed by atoms with Crippen LogP contribution in [-0.4, -0.2) is 54.0 Å². The van der Waals surface area contributed by atoms with Crippen molar-refractivity contribution >= 4 is 18.0 Å². The highest BCUT2D eigenvalue weighted by molar-refractivity contribution is 5.84. The van der Waals surface area contributed by atoms with E-state index in [9.17, 15) is 14.4 Å². The zero-order chi connectivity index (χ0) is 24.8. The van der Waals surface area contributed by atoms with Crippen molar-refractivity contribution in [2.75, 3.05) is 19.8 Å². The third-order valence-electron chi connectivity index (χ3n) is 7.18. The summed E-state index contributed by atoms with van der Waals surface area (Å²) in [7, 11) is 0. The Morgan fingerprint density at radius 3 is 2.14 bits per heavy atom. The molecule has 2 aliphatic rings. The number of benzene rings is 2. The highest BCUT2D eigenvalue weighted by Crippen LogP contribution is 2.44. The minimum Gasteiger partial charge on any atom is -0.480 e. The second-order valence-electron chi connectivity index (χ2n) is 9.36. The molecule has 2 aliphatic carbocycles. The zero-order valence-corrected chi connectivity index (χ0v) is 19.6. The summed E-state index contributed by atoms with van der Waals surface area (Å²) >= 11 is 0. The van der Waals surface area contributed by atoms with E-state index < -0.39 is 30.6 Å². The first-order valence-corrected chi connectivity index (χ1v) is 12.2. The lowest BCUT2D eigenvalue weighted by atomic mass is 9.87. The second kappa shape index (κ2) is 11.4. The van der Waals surface area contributed by atoms with Crippen molar-refractivity contribution < 1.29 is 29.3 Å². The van der Waals surface area contributed by atoms with Crippen molar-refractivity contribution in [1.29, 1.82) is 0 Å². The van der Waals surface area contributed by atoms with Crippen molar-refractivity contribution in [1.82, 2.24) is 10.6 Å². The Balaban J connectivity index is 1.33. The first kappa shape index (κ1) is 24.7. The maximum atomic E-state index is 12.6. The van der Waals surface area contributed by atoms with Gasteiger partial charge in [0.1, 0.15) is 12.6 Å². The number of aliphatic carboxylic acids is 1. The molecular formula is C27H32N2O6. The number of fused-ring (bicyclic) bond motifs is 3. The van der Waals surface area contributed by atoms with Crippen LogP contribution >= 0.6 is 0 Å². The van der Waals surface area contributed by atoms with Crippen LogP contribution in [0.3, 0.4) is 0 Å². The molecule has 0 heterocycles. The topological polar surface area (TPSA) is 125 Å². The molecule has 1 saturated carbocycles. The van der Waals surface area contributed by atoms with Crippen LogP contribution in [0.4, 0.5) is 4.79 Å². The van der Waals surface area contributed by atoms with Gasteiger partial charge in [0.2, 0.25) is 5.91 Å². The number of aliphatic hydroxyl groups is 1. The van der Waals surface area contributed by atoms with Crippen LogP contribution in [0, 0.1) is 11.8 Å². The van der Waals surface area contributed by atoms with Gasteiger partial charge < -0.3 is 25.6 Å². The average molecular weight is 481 g/mol. The molecular weight excluding hydrogens is 448 g/mol. The number of hydrogen-bond acceptors (Lipinski definition) is 5. The average Bonchev–Trinajstić information content (AvgIpc) is 3.50. The predicted molar refractivity (Wildman–Crippen MR) is 130 cm³/mol. The number of carbonyl (C=O) groups is 3. The molecule has 0 radical (unpaired) electrons. The fourth-order valence-corrected chi connectivity index (χ4v) is 5.38. The van der Waals surface area contributed by atoms with Crippen LogP contribution in [0.1, 0.15) is 49.1 Å². The lowest BCUT2D eigenvalue weighted by Gasteiger charge is -2.24. The summed E-state index contributed by atoms with van der Waals surface area (Å²) in [5, 5.41) is 23.4. The van der Waals surface area contributed by atoms with Gasteiger partial charge >= 0.3 is 12.1 Å². The molecule has 0 saturated heterocycles. The van der Waals surface area contributed by atoms with Gasteiger partial charge in [-0.15, -0.1) is 0 Å². The van der Waals surface area contributed by atoms with E-state index >= 15 is 0 Å². The molecule has 4 N–H and O–H groups in total. The van der Waals surface area contributed by atoms with Crippen LogP contribution in [0.25, 0.3) is 11.1 Å². The Labute approximate surface area is 204 Å². The molecule has 2 aromatic carbocycles. The van der Waals surface area contributed by atoms with E-state index in [2.05, 4.69) is 34.9 Å². The number of nitrogens with one attached hydrogen (secondary N) is 2. The number of ether oxygens (including phenoxy) is 1. The standard InChI is InChI=1S/C27H32N2O6/c30-15-24(26(32)33)29-25(31)13-18(17-7-1-2-8-17)14-28-27(34)35-16-23-21-11-5-3-9-19(21)20-10-4-6-12-22(20)23/h3-6,9-12,17-18,23-24,30H,1-2,7-8,13-16H2,(H,28,34)(H,29,31)(H,32,33)/t18?,24-/m1/s1. The highest BCUT2D eigenvalue weighted by Gasteiger charge is 2.31. The van der Waals surface area contributed by atoms with Crippen LogP contribution in [0.15, 0.2) is 48.5 Å². The Hall–Kier alpha value is -3.39. The van der Waals surface area contributed by atoms with E-state index in [1.165, 1.54) is 0 Å². The van der Waals surface area contributed by atoms with E-state index in [-0.39, 0.29) is 37.3 Å². The smallest absolute Gasteiger partial charge is 0.407 e. The van der Waals surface area contributed by atoms with Crippen molar-refractivity contribution in [2.45, 2.75) is 44.1 Å². The molecule has 0 aliphatic heterocycles. The fourth-order valence-electron chi connectivity index (χ4n) is 5.38. The minimum atomic E-state index is -1.33. The molecule has 8 nitrogen and oxygen atoms in total. The summed E-state index contributed by atoms with van der Waals surface area (Å²) < 4.78 is 5.61. The Bertz CT molecular complexity index is 1020. The quantitative estimate of drug-likeness (QED) is 0.414. The fraction of sp³-hybridized carbons (Fsp3) is 0.444. The summed E-state index contributed by atoms with van der Waals surface area (Å²) in [6.07, 6.45) is 3.62. The third kappa shape index (κ3) is 5.82. The van der Waals surface area contributed by atoms with E-state index in [1.807, 2.05) is 24.3 Å². The van der Waals surface area contributed by atoms with Crippen LogP contribution in [-0.2, 0) is 14.3 Å². The SMILES string of the molecule is O=C(CC(CNC(=O)OCC1c2ccccc2-c2ccccc21)C1CCCC1)N[C@H](CO)C(=O)O. The molecule has 8 heteroatoms. The monoisotopic (exact) mass is 480 g/mol. The van der Waals surface area contributed by atoms with Gasteiger partial charge in [0.15, 0.2) is 0 Å². The molecule has 2 amide bonds. The van der Waals surface area contributed by atoms with Crippen LogP contribution in [0.2, 0.25) is 0 Å². The number of rotatable bonds is 10. The van der Waals surface area contributed by atoms with Gasteiger partial charge in [-0.05, 0) is 34.1 Å². The number of alkyl carbamates (subject to hydrolysis) is 1. The molecule has 0 aromatic heterocycles. The number of carboxylic acid groups (broad SMARTS) is 1. The highest BCUT2D eigenvalue weighted by atomic mass is 16.5. The van der Waals surface area contributed by atoms with Crippen molar-refractivity contribution in [3.8, 4) is 11.1 Å². The van der Waals surface area contributed by atoms with E-state index in [0.29, 0.717) is 0 Å². The van der Waals surface area contributed by atoms with Gasteiger partial charge in [0, 0.05) is 18.9 Å². The predicted octanol–water partition coefficient (Wildman–Crippen LogP) is 3.28. The molecule has 35 heavy (non-hydrogen) atoms. The largest absolute Gasteiger partial charge is 0.480 e. The molecule has 4 rings (SSSR count). The first-order valence-electron chi connectivity index (χ1n) is 12.2. The van der Waals surface area contributed by atoms with Crippen molar-refractivity contribution in [2.24, 2.45) is 11.8 Å². The summed E-state index contributed by atoms with van der Waals surface area (Å²) in [5.74, 6) is -1.62. The van der Waals surface area contributed by atoms with E-state index in [0.717, 1.165) is 47.9 Å². The van der Waals surface area contributed by atoms with Crippen molar-refractivity contribution in [3.63, 3.8) is 0 Å². The Morgan fingerprint density at radius 1 is 0.971 bits per heavy atom.